The summed E-state index contributed by atoms with van der Waals surface area (Å²) in [5.74, 6) is 0.458. The van der Waals surface area contributed by atoms with E-state index in [0.29, 0.717) is 5.92 Å². The first-order chi connectivity index (χ1) is 9.65. The molecule has 3 N–H and O–H groups in total. The number of hydrogen-bond donors (Lipinski definition) is 2. The average Bonchev–Trinajstić information content (AvgIpc) is 2.74. The molecule has 1 fully saturated rings. The van der Waals surface area contributed by atoms with Gasteiger partial charge in [0.2, 0.25) is 5.91 Å². The largest absolute Gasteiger partial charge is 0.381 e. The van der Waals surface area contributed by atoms with Gasteiger partial charge in [-0.15, -0.1) is 0 Å². The first-order valence-electron chi connectivity index (χ1n) is 7.14. The Hall–Kier alpha value is -1.59. The molecule has 20 heavy (non-hydrogen) atoms. The summed E-state index contributed by atoms with van der Waals surface area (Å²) in [6.45, 7) is 2.71. The zero-order valence-corrected chi connectivity index (χ0v) is 11.8. The van der Waals surface area contributed by atoms with Gasteiger partial charge >= 0.3 is 0 Å². The van der Waals surface area contributed by atoms with Gasteiger partial charge in [-0.1, -0.05) is 6.07 Å². The van der Waals surface area contributed by atoms with E-state index < -0.39 is 6.04 Å². The number of anilines is 2. The minimum absolute atomic E-state index is 0.125. The summed E-state index contributed by atoms with van der Waals surface area (Å²) in [5, 5.41) is 2.83. The highest BCUT2D eigenvalue weighted by Gasteiger charge is 2.27. The number of carbonyl (C=O) groups is 1. The Kier molecular flexibility index (Phi) is 3.63. The Morgan fingerprint density at radius 3 is 3.10 bits per heavy atom. The molecule has 2 atom stereocenters. The van der Waals surface area contributed by atoms with E-state index in [1.54, 1.807) is 0 Å². The van der Waals surface area contributed by atoms with Crippen LogP contribution in [0.25, 0.3) is 0 Å². The van der Waals surface area contributed by atoms with Crippen LogP contribution in [0, 0.1) is 5.92 Å². The van der Waals surface area contributed by atoms with Crippen LogP contribution in [0.2, 0.25) is 0 Å². The molecule has 1 aromatic carbocycles. The molecule has 2 unspecified atom stereocenters. The molecule has 1 aromatic rings. The lowest BCUT2D eigenvalue weighted by molar-refractivity contribution is -0.116. The van der Waals surface area contributed by atoms with E-state index in [4.69, 9.17) is 10.5 Å². The Morgan fingerprint density at radius 1 is 1.50 bits per heavy atom. The SMILES string of the molecule is CN(CC1CCCOC1)c1ccc2c(c1)NC(=O)C2N. The highest BCUT2D eigenvalue weighted by molar-refractivity contribution is 6.02. The number of nitrogens with one attached hydrogen (secondary N) is 1. The van der Waals surface area contributed by atoms with Crippen LogP contribution in [0.1, 0.15) is 24.4 Å². The lowest BCUT2D eigenvalue weighted by atomic mass is 10.0. The lowest BCUT2D eigenvalue weighted by Gasteiger charge is -2.28. The number of rotatable bonds is 3. The van der Waals surface area contributed by atoms with Crippen molar-refractivity contribution >= 4 is 17.3 Å². The molecule has 2 aliphatic heterocycles. The third-order valence-corrected chi connectivity index (χ3v) is 4.14. The standard InChI is InChI=1S/C15H21N3O2/c1-18(8-10-3-2-6-20-9-10)11-4-5-12-13(7-11)17-15(19)14(12)16/h4-5,7,10,14H,2-3,6,8-9,16H2,1H3,(H,17,19). The smallest absolute Gasteiger partial charge is 0.245 e. The van der Waals surface area contributed by atoms with Crippen molar-refractivity contribution in [2.24, 2.45) is 11.7 Å². The summed E-state index contributed by atoms with van der Waals surface area (Å²) in [4.78, 5) is 13.8. The van der Waals surface area contributed by atoms with Gasteiger partial charge in [0.05, 0.1) is 6.61 Å². The van der Waals surface area contributed by atoms with Crippen molar-refractivity contribution in [3.8, 4) is 0 Å². The van der Waals surface area contributed by atoms with Crippen molar-refractivity contribution < 1.29 is 9.53 Å². The molecule has 0 spiro atoms. The number of nitrogens with two attached hydrogens (primary N) is 1. The molecule has 0 radical (unpaired) electrons. The summed E-state index contributed by atoms with van der Waals surface area (Å²) in [7, 11) is 2.08. The van der Waals surface area contributed by atoms with E-state index in [2.05, 4.69) is 17.3 Å². The summed E-state index contributed by atoms with van der Waals surface area (Å²) in [5.41, 5.74) is 8.65. The van der Waals surface area contributed by atoms with Crippen LogP contribution in [0.15, 0.2) is 18.2 Å². The van der Waals surface area contributed by atoms with E-state index in [9.17, 15) is 4.79 Å². The van der Waals surface area contributed by atoms with Crippen LogP contribution in [-0.2, 0) is 9.53 Å². The fourth-order valence-electron chi connectivity index (χ4n) is 2.96. The maximum absolute atomic E-state index is 11.6. The van der Waals surface area contributed by atoms with Gasteiger partial charge < -0.3 is 20.7 Å². The molecule has 0 aromatic heterocycles. The molecule has 1 amide bonds. The number of fused-ring (bicyclic) bond motifs is 1. The minimum Gasteiger partial charge on any atom is -0.381 e. The Bertz CT molecular complexity index is 512. The number of benzene rings is 1. The predicted molar refractivity (Wildman–Crippen MR) is 78.8 cm³/mol. The second-order valence-corrected chi connectivity index (χ2v) is 5.70. The fraction of sp³-hybridized carbons (Fsp3) is 0.533. The Labute approximate surface area is 119 Å². The summed E-state index contributed by atoms with van der Waals surface area (Å²) in [6, 6.07) is 5.45. The van der Waals surface area contributed by atoms with E-state index in [1.165, 1.54) is 6.42 Å². The predicted octanol–water partition coefficient (Wildman–Crippen LogP) is 1.50. The van der Waals surface area contributed by atoms with E-state index in [0.717, 1.165) is 43.1 Å². The molecule has 0 bridgehead atoms. The number of carbonyl (C=O) groups excluding carboxylic acids is 1. The highest BCUT2D eigenvalue weighted by Crippen LogP contribution is 2.32. The first-order valence-corrected chi connectivity index (χ1v) is 7.14. The highest BCUT2D eigenvalue weighted by atomic mass is 16.5. The number of ether oxygens (including phenoxy) is 1. The summed E-state index contributed by atoms with van der Waals surface area (Å²) >= 11 is 0. The number of nitrogens with zero attached hydrogens (tertiary/aromatic N) is 1. The second-order valence-electron chi connectivity index (χ2n) is 5.70. The van der Waals surface area contributed by atoms with E-state index >= 15 is 0 Å². The van der Waals surface area contributed by atoms with Crippen LogP contribution >= 0.6 is 0 Å². The Morgan fingerprint density at radius 2 is 2.35 bits per heavy atom. The van der Waals surface area contributed by atoms with Crippen molar-refractivity contribution in [1.82, 2.24) is 0 Å². The van der Waals surface area contributed by atoms with Crippen LogP contribution in [-0.4, -0.2) is 32.7 Å². The molecular formula is C15H21N3O2. The first kappa shape index (κ1) is 13.4. The zero-order valence-electron chi connectivity index (χ0n) is 11.8. The van der Waals surface area contributed by atoms with Gasteiger partial charge in [0.25, 0.3) is 0 Å². The quantitative estimate of drug-likeness (QED) is 0.877. The minimum atomic E-state index is -0.531. The van der Waals surface area contributed by atoms with Crippen LogP contribution in [0.3, 0.4) is 0 Å². The van der Waals surface area contributed by atoms with Crippen molar-refractivity contribution in [2.75, 3.05) is 37.0 Å². The van der Waals surface area contributed by atoms with Gasteiger partial charge in [-0.25, -0.2) is 0 Å². The van der Waals surface area contributed by atoms with Crippen LogP contribution in [0.4, 0.5) is 11.4 Å². The zero-order chi connectivity index (χ0) is 14.1. The van der Waals surface area contributed by atoms with Gasteiger partial charge in [-0.2, -0.15) is 0 Å². The molecule has 5 nitrogen and oxygen atoms in total. The van der Waals surface area contributed by atoms with E-state index in [1.807, 2.05) is 18.2 Å². The fourth-order valence-corrected chi connectivity index (χ4v) is 2.96. The van der Waals surface area contributed by atoms with Gasteiger partial charge in [0.1, 0.15) is 6.04 Å². The maximum atomic E-state index is 11.6. The molecule has 3 rings (SSSR count). The molecule has 1 saturated heterocycles. The number of amides is 1. The molecular weight excluding hydrogens is 254 g/mol. The molecule has 2 heterocycles. The van der Waals surface area contributed by atoms with Crippen LogP contribution < -0.4 is 16.0 Å². The van der Waals surface area contributed by atoms with E-state index in [-0.39, 0.29) is 5.91 Å². The Balaban J connectivity index is 1.71. The van der Waals surface area contributed by atoms with Crippen molar-refractivity contribution in [2.45, 2.75) is 18.9 Å². The average molecular weight is 275 g/mol. The molecule has 108 valence electrons. The third kappa shape index (κ3) is 2.51. The third-order valence-electron chi connectivity index (χ3n) is 4.14. The molecule has 2 aliphatic rings. The van der Waals surface area contributed by atoms with Crippen LogP contribution in [0.5, 0.6) is 0 Å². The van der Waals surface area contributed by atoms with Gasteiger partial charge in [-0.3, -0.25) is 4.79 Å². The second kappa shape index (κ2) is 5.42. The molecule has 0 aliphatic carbocycles. The van der Waals surface area contributed by atoms with Crippen molar-refractivity contribution in [1.29, 1.82) is 0 Å². The van der Waals surface area contributed by atoms with Gasteiger partial charge in [-0.05, 0) is 30.9 Å². The number of hydrogen-bond acceptors (Lipinski definition) is 4. The monoisotopic (exact) mass is 275 g/mol. The lowest BCUT2D eigenvalue weighted by Crippen LogP contribution is -2.30. The topological polar surface area (TPSA) is 67.6 Å². The summed E-state index contributed by atoms with van der Waals surface area (Å²) in [6.07, 6.45) is 2.37. The van der Waals surface area contributed by atoms with Gasteiger partial charge in [0, 0.05) is 37.1 Å². The van der Waals surface area contributed by atoms with Crippen molar-refractivity contribution in [3.05, 3.63) is 23.8 Å². The maximum Gasteiger partial charge on any atom is 0.245 e. The molecule has 0 saturated carbocycles. The van der Waals surface area contributed by atoms with Gasteiger partial charge in [0.15, 0.2) is 0 Å². The normalized spacial score (nSPS) is 25.2. The molecule has 5 heteroatoms. The summed E-state index contributed by atoms with van der Waals surface area (Å²) < 4.78 is 5.52. The van der Waals surface area contributed by atoms with Crippen molar-refractivity contribution in [3.63, 3.8) is 0 Å².